The Morgan fingerprint density at radius 2 is 1.78 bits per heavy atom. The van der Waals surface area contributed by atoms with Crippen LogP contribution in [0.1, 0.15) is 11.1 Å². The lowest BCUT2D eigenvalue weighted by atomic mass is 10.1. The van der Waals surface area contributed by atoms with Crippen molar-refractivity contribution in [3.05, 3.63) is 58.6 Å². The third-order valence-corrected chi connectivity index (χ3v) is 3.28. The Labute approximate surface area is 113 Å². The van der Waals surface area contributed by atoms with Crippen molar-refractivity contribution in [3.63, 3.8) is 0 Å². The summed E-state index contributed by atoms with van der Waals surface area (Å²) in [7, 11) is 2.02. The molecule has 0 saturated heterocycles. The Morgan fingerprint density at radius 3 is 2.39 bits per heavy atom. The summed E-state index contributed by atoms with van der Waals surface area (Å²) in [5.41, 5.74) is 10.3. The van der Waals surface area contributed by atoms with E-state index in [1.807, 2.05) is 25.2 Å². The van der Waals surface area contributed by atoms with E-state index in [-0.39, 0.29) is 0 Å². The molecule has 2 aromatic carbocycles. The Kier molecular flexibility index (Phi) is 3.90. The van der Waals surface area contributed by atoms with E-state index in [0.717, 1.165) is 22.0 Å². The average molecular weight is 261 g/mol. The molecule has 3 heteroatoms. The highest BCUT2D eigenvalue weighted by atomic mass is 35.5. The summed E-state index contributed by atoms with van der Waals surface area (Å²) in [6.45, 7) is 2.58. The summed E-state index contributed by atoms with van der Waals surface area (Å²) < 4.78 is 0. The van der Waals surface area contributed by atoms with E-state index in [0.29, 0.717) is 6.54 Å². The quantitative estimate of drug-likeness (QED) is 0.908. The molecule has 0 spiro atoms. The third-order valence-electron chi connectivity index (χ3n) is 3.05. The maximum Gasteiger partial charge on any atom is 0.0468 e. The summed E-state index contributed by atoms with van der Waals surface area (Å²) in [4.78, 5) is 2.10. The van der Waals surface area contributed by atoms with Crippen molar-refractivity contribution in [1.82, 2.24) is 0 Å². The van der Waals surface area contributed by atoms with Gasteiger partial charge < -0.3 is 10.6 Å². The van der Waals surface area contributed by atoms with Gasteiger partial charge in [-0.3, -0.25) is 0 Å². The van der Waals surface area contributed by atoms with Crippen LogP contribution in [0.2, 0.25) is 5.02 Å². The van der Waals surface area contributed by atoms with Crippen LogP contribution >= 0.6 is 11.6 Å². The van der Waals surface area contributed by atoms with Crippen LogP contribution in [0, 0.1) is 6.92 Å². The summed E-state index contributed by atoms with van der Waals surface area (Å²) in [6, 6.07) is 14.2. The number of nitrogens with zero attached hydrogens (tertiary/aromatic N) is 1. The van der Waals surface area contributed by atoms with Crippen molar-refractivity contribution in [2.24, 2.45) is 5.73 Å². The smallest absolute Gasteiger partial charge is 0.0468 e. The first kappa shape index (κ1) is 12.9. The number of nitrogens with two attached hydrogens (primary N) is 1. The first-order valence-corrected chi connectivity index (χ1v) is 6.28. The molecule has 2 aromatic rings. The lowest BCUT2D eigenvalue weighted by Crippen LogP contribution is -2.13. The highest BCUT2D eigenvalue weighted by molar-refractivity contribution is 6.30. The second kappa shape index (κ2) is 5.42. The van der Waals surface area contributed by atoms with Crippen molar-refractivity contribution in [3.8, 4) is 0 Å². The van der Waals surface area contributed by atoms with Crippen molar-refractivity contribution >= 4 is 23.0 Å². The van der Waals surface area contributed by atoms with Gasteiger partial charge in [0.2, 0.25) is 0 Å². The molecule has 0 aliphatic rings. The van der Waals surface area contributed by atoms with Crippen molar-refractivity contribution in [2.75, 3.05) is 11.9 Å². The van der Waals surface area contributed by atoms with Crippen LogP contribution in [0.25, 0.3) is 0 Å². The van der Waals surface area contributed by atoms with Gasteiger partial charge in [-0.05, 0) is 36.8 Å². The first-order valence-electron chi connectivity index (χ1n) is 5.90. The van der Waals surface area contributed by atoms with Gasteiger partial charge in [-0.2, -0.15) is 0 Å². The van der Waals surface area contributed by atoms with Gasteiger partial charge in [-0.15, -0.1) is 0 Å². The molecular weight excluding hydrogens is 244 g/mol. The molecule has 0 unspecified atom stereocenters. The van der Waals surface area contributed by atoms with Crippen LogP contribution in [-0.2, 0) is 6.54 Å². The fourth-order valence-electron chi connectivity index (χ4n) is 1.93. The predicted octanol–water partition coefficient (Wildman–Crippen LogP) is 3.88. The number of rotatable bonds is 3. The summed E-state index contributed by atoms with van der Waals surface area (Å²) in [5, 5.41) is 0.723. The predicted molar refractivity (Wildman–Crippen MR) is 78.6 cm³/mol. The van der Waals surface area contributed by atoms with Crippen LogP contribution in [0.15, 0.2) is 42.5 Å². The van der Waals surface area contributed by atoms with Gasteiger partial charge in [0.15, 0.2) is 0 Å². The number of hydrogen-bond donors (Lipinski definition) is 1. The summed E-state index contributed by atoms with van der Waals surface area (Å²) >= 11 is 6.06. The number of aryl methyl sites for hydroxylation is 1. The standard InChI is InChI=1S/C15H17ClN2/c1-11-3-7-14(8-4-11)18(2)15-9-13(16)6-5-12(15)10-17/h3-9H,10,17H2,1-2H3. The van der Waals surface area contributed by atoms with Gasteiger partial charge in [0, 0.05) is 30.0 Å². The van der Waals surface area contributed by atoms with E-state index >= 15 is 0 Å². The molecule has 0 aliphatic carbocycles. The molecule has 0 aliphatic heterocycles. The molecule has 0 amide bonds. The molecule has 0 saturated carbocycles. The molecule has 0 fully saturated rings. The zero-order valence-corrected chi connectivity index (χ0v) is 11.4. The fraction of sp³-hybridized carbons (Fsp3) is 0.200. The van der Waals surface area contributed by atoms with Crippen molar-refractivity contribution in [2.45, 2.75) is 13.5 Å². The fourth-order valence-corrected chi connectivity index (χ4v) is 2.10. The number of halogens is 1. The second-order valence-electron chi connectivity index (χ2n) is 4.37. The topological polar surface area (TPSA) is 29.3 Å². The van der Waals surface area contributed by atoms with Gasteiger partial charge in [-0.25, -0.2) is 0 Å². The molecule has 2 rings (SSSR count). The average Bonchev–Trinajstić information content (AvgIpc) is 2.39. The van der Waals surface area contributed by atoms with E-state index in [9.17, 15) is 0 Å². The maximum absolute atomic E-state index is 6.06. The molecule has 2 N–H and O–H groups in total. The van der Waals surface area contributed by atoms with Crippen molar-refractivity contribution in [1.29, 1.82) is 0 Å². The Hall–Kier alpha value is -1.51. The van der Waals surface area contributed by atoms with Gasteiger partial charge in [0.1, 0.15) is 0 Å². The molecule has 18 heavy (non-hydrogen) atoms. The van der Waals surface area contributed by atoms with Gasteiger partial charge in [0.05, 0.1) is 0 Å². The Morgan fingerprint density at radius 1 is 1.11 bits per heavy atom. The minimum atomic E-state index is 0.503. The van der Waals surface area contributed by atoms with Gasteiger partial charge >= 0.3 is 0 Å². The molecular formula is C15H17ClN2. The molecule has 0 atom stereocenters. The zero-order valence-electron chi connectivity index (χ0n) is 10.7. The van der Waals surface area contributed by atoms with Gasteiger partial charge in [-0.1, -0.05) is 35.4 Å². The number of anilines is 2. The van der Waals surface area contributed by atoms with E-state index in [1.165, 1.54) is 5.56 Å². The first-order chi connectivity index (χ1) is 8.61. The second-order valence-corrected chi connectivity index (χ2v) is 4.81. The van der Waals surface area contributed by atoms with Gasteiger partial charge in [0.25, 0.3) is 0 Å². The minimum absolute atomic E-state index is 0.503. The van der Waals surface area contributed by atoms with Crippen LogP contribution < -0.4 is 10.6 Å². The largest absolute Gasteiger partial charge is 0.344 e. The van der Waals surface area contributed by atoms with E-state index in [2.05, 4.69) is 36.1 Å². The normalized spacial score (nSPS) is 10.4. The van der Waals surface area contributed by atoms with Crippen LogP contribution in [0.5, 0.6) is 0 Å². The third kappa shape index (κ3) is 2.66. The summed E-state index contributed by atoms with van der Waals surface area (Å²) in [6.07, 6.45) is 0. The molecule has 0 radical (unpaired) electrons. The number of hydrogen-bond acceptors (Lipinski definition) is 2. The van der Waals surface area contributed by atoms with E-state index in [1.54, 1.807) is 0 Å². The highest BCUT2D eigenvalue weighted by Crippen LogP contribution is 2.29. The van der Waals surface area contributed by atoms with E-state index < -0.39 is 0 Å². The molecule has 2 nitrogen and oxygen atoms in total. The van der Waals surface area contributed by atoms with Crippen LogP contribution in [0.4, 0.5) is 11.4 Å². The van der Waals surface area contributed by atoms with Crippen molar-refractivity contribution < 1.29 is 0 Å². The molecule has 0 bridgehead atoms. The molecule has 94 valence electrons. The highest BCUT2D eigenvalue weighted by Gasteiger charge is 2.09. The van der Waals surface area contributed by atoms with E-state index in [4.69, 9.17) is 17.3 Å². The van der Waals surface area contributed by atoms with Crippen LogP contribution in [-0.4, -0.2) is 7.05 Å². The zero-order chi connectivity index (χ0) is 13.1. The lowest BCUT2D eigenvalue weighted by molar-refractivity contribution is 1.05. The minimum Gasteiger partial charge on any atom is -0.344 e. The number of benzene rings is 2. The lowest BCUT2D eigenvalue weighted by Gasteiger charge is -2.22. The monoisotopic (exact) mass is 260 g/mol. The Balaban J connectivity index is 2.41. The SMILES string of the molecule is Cc1ccc(N(C)c2cc(Cl)ccc2CN)cc1. The summed E-state index contributed by atoms with van der Waals surface area (Å²) in [5.74, 6) is 0. The molecule has 0 aromatic heterocycles. The maximum atomic E-state index is 6.06. The van der Waals surface area contributed by atoms with Crippen LogP contribution in [0.3, 0.4) is 0 Å². The Bertz CT molecular complexity index is 535. The molecule has 0 heterocycles.